The van der Waals surface area contributed by atoms with Crippen molar-refractivity contribution in [3.63, 3.8) is 0 Å². The second-order valence-electron chi connectivity index (χ2n) is 5.40. The van der Waals surface area contributed by atoms with Crippen LogP contribution in [0.1, 0.15) is 12.8 Å². The van der Waals surface area contributed by atoms with Crippen LogP contribution >= 0.6 is 11.6 Å². The summed E-state index contributed by atoms with van der Waals surface area (Å²) in [5.41, 5.74) is -0.0858. The highest BCUT2D eigenvalue weighted by atomic mass is 35.5. The summed E-state index contributed by atoms with van der Waals surface area (Å²) in [5.74, 6) is 0.414. The van der Waals surface area contributed by atoms with Crippen LogP contribution in [-0.2, 0) is 14.8 Å². The van der Waals surface area contributed by atoms with Crippen LogP contribution in [0.25, 0.3) is 0 Å². The Labute approximate surface area is 135 Å². The lowest BCUT2D eigenvalue weighted by atomic mass is 10.1. The number of halogens is 1. The lowest BCUT2D eigenvalue weighted by Gasteiger charge is -2.14. The number of sulfonamides is 1. The summed E-state index contributed by atoms with van der Waals surface area (Å²) in [7, 11) is -2.16. The van der Waals surface area contributed by atoms with Crippen molar-refractivity contribution in [2.45, 2.75) is 17.7 Å². The smallest absolute Gasteiger partial charge is 0.242 e. The zero-order chi connectivity index (χ0) is 16.2. The van der Waals surface area contributed by atoms with Gasteiger partial charge in [-0.3, -0.25) is 0 Å². The molecule has 7 nitrogen and oxygen atoms in total. The van der Waals surface area contributed by atoms with Crippen LogP contribution < -0.4 is 10.0 Å². The fourth-order valence-electron chi connectivity index (χ4n) is 1.90. The molecule has 124 valence electrons. The summed E-state index contributed by atoms with van der Waals surface area (Å²) in [4.78, 5) is 4.07. The average molecular weight is 350 g/mol. The molecule has 22 heavy (non-hydrogen) atoms. The molecule has 0 radical (unpaired) electrons. The van der Waals surface area contributed by atoms with Crippen molar-refractivity contribution in [2.75, 3.05) is 38.7 Å². The van der Waals surface area contributed by atoms with Crippen LogP contribution in [0.4, 0.5) is 5.82 Å². The fourth-order valence-corrected chi connectivity index (χ4v) is 3.18. The Morgan fingerprint density at radius 1 is 1.50 bits per heavy atom. The molecule has 0 amide bonds. The van der Waals surface area contributed by atoms with E-state index in [9.17, 15) is 13.5 Å². The normalized spacial score (nSPS) is 16.5. The lowest BCUT2D eigenvalue weighted by molar-refractivity contribution is 0.204. The van der Waals surface area contributed by atoms with Gasteiger partial charge in [0.05, 0.1) is 18.2 Å². The zero-order valence-corrected chi connectivity index (χ0v) is 13.9. The van der Waals surface area contributed by atoms with E-state index in [4.69, 9.17) is 16.3 Å². The molecule has 1 aliphatic carbocycles. The van der Waals surface area contributed by atoms with E-state index in [-0.39, 0.29) is 35.1 Å². The molecule has 3 N–H and O–H groups in total. The monoisotopic (exact) mass is 349 g/mol. The number of anilines is 1. The summed E-state index contributed by atoms with van der Waals surface area (Å²) in [6, 6.07) is 1.35. The van der Waals surface area contributed by atoms with Crippen molar-refractivity contribution in [3.8, 4) is 0 Å². The summed E-state index contributed by atoms with van der Waals surface area (Å²) >= 11 is 6.08. The average Bonchev–Trinajstić information content (AvgIpc) is 3.26. The Bertz CT molecular complexity index is 620. The van der Waals surface area contributed by atoms with Gasteiger partial charge in [-0.1, -0.05) is 11.6 Å². The number of rotatable bonds is 9. The van der Waals surface area contributed by atoms with E-state index in [2.05, 4.69) is 15.0 Å². The third-order valence-electron chi connectivity index (χ3n) is 3.65. The zero-order valence-electron chi connectivity index (χ0n) is 12.3. The number of methoxy groups -OCH3 is 1. The summed E-state index contributed by atoms with van der Waals surface area (Å²) in [5, 5.41) is 12.6. The molecule has 0 saturated heterocycles. The molecule has 1 aromatic rings. The maximum absolute atomic E-state index is 12.0. The summed E-state index contributed by atoms with van der Waals surface area (Å²) in [6.45, 7) is 1.14. The molecule has 1 saturated carbocycles. The maximum Gasteiger partial charge on any atom is 0.242 e. The van der Waals surface area contributed by atoms with Crippen LogP contribution in [0.5, 0.6) is 0 Å². The second-order valence-corrected chi connectivity index (χ2v) is 7.58. The van der Waals surface area contributed by atoms with Gasteiger partial charge in [-0.25, -0.2) is 18.1 Å². The topological polar surface area (TPSA) is 101 Å². The van der Waals surface area contributed by atoms with Gasteiger partial charge in [0.25, 0.3) is 0 Å². The third-order valence-corrected chi connectivity index (χ3v) is 5.36. The van der Waals surface area contributed by atoms with Crippen LogP contribution in [0.15, 0.2) is 17.2 Å². The van der Waals surface area contributed by atoms with Crippen LogP contribution in [0.2, 0.25) is 5.02 Å². The van der Waals surface area contributed by atoms with Gasteiger partial charge in [0.2, 0.25) is 10.0 Å². The highest BCUT2D eigenvalue weighted by molar-refractivity contribution is 7.89. The number of pyridine rings is 1. The molecular weight excluding hydrogens is 330 g/mol. The summed E-state index contributed by atoms with van der Waals surface area (Å²) in [6.07, 6.45) is 3.18. The van der Waals surface area contributed by atoms with E-state index in [0.717, 1.165) is 12.8 Å². The first kappa shape index (κ1) is 17.4. The Balaban J connectivity index is 2.02. The molecule has 1 heterocycles. The van der Waals surface area contributed by atoms with Gasteiger partial charge in [0.1, 0.15) is 10.7 Å². The summed E-state index contributed by atoms with van der Waals surface area (Å²) < 4.78 is 31.2. The van der Waals surface area contributed by atoms with Crippen molar-refractivity contribution >= 4 is 27.4 Å². The highest BCUT2D eigenvalue weighted by Crippen LogP contribution is 2.45. The van der Waals surface area contributed by atoms with E-state index < -0.39 is 10.0 Å². The predicted octanol–water partition coefficient (Wildman–Crippen LogP) is 0.844. The molecule has 9 heteroatoms. The molecule has 0 unspecified atom stereocenters. The molecule has 0 atom stereocenters. The minimum atomic E-state index is -3.65. The van der Waals surface area contributed by atoms with Crippen molar-refractivity contribution in [1.29, 1.82) is 0 Å². The van der Waals surface area contributed by atoms with E-state index in [1.807, 2.05) is 0 Å². The van der Waals surface area contributed by atoms with Crippen LogP contribution in [0, 0.1) is 5.41 Å². The number of aromatic nitrogens is 1. The number of ether oxygens (including phenoxy) is 1. The Morgan fingerprint density at radius 2 is 2.23 bits per heavy atom. The molecule has 1 aromatic heterocycles. The second kappa shape index (κ2) is 7.10. The lowest BCUT2D eigenvalue weighted by Crippen LogP contribution is -2.27. The van der Waals surface area contributed by atoms with E-state index in [1.165, 1.54) is 19.4 Å². The van der Waals surface area contributed by atoms with Crippen LogP contribution in [0.3, 0.4) is 0 Å². The van der Waals surface area contributed by atoms with Gasteiger partial charge in [0, 0.05) is 31.8 Å². The molecule has 0 aliphatic heterocycles. The van der Waals surface area contributed by atoms with Gasteiger partial charge in [-0.2, -0.15) is 0 Å². The van der Waals surface area contributed by atoms with Crippen molar-refractivity contribution < 1.29 is 18.3 Å². The first-order chi connectivity index (χ1) is 10.4. The number of nitrogens with zero attached hydrogens (tertiary/aromatic N) is 1. The quantitative estimate of drug-likeness (QED) is 0.571. The number of aliphatic hydroxyl groups excluding tert-OH is 1. The molecule has 0 bridgehead atoms. The van der Waals surface area contributed by atoms with E-state index in [0.29, 0.717) is 12.4 Å². The Hall–Kier alpha value is -0.930. The Kier molecular flexibility index (Phi) is 5.62. The Morgan fingerprint density at radius 3 is 2.77 bits per heavy atom. The van der Waals surface area contributed by atoms with Gasteiger partial charge < -0.3 is 15.2 Å². The highest BCUT2D eigenvalue weighted by Gasteiger charge is 2.41. The van der Waals surface area contributed by atoms with E-state index in [1.54, 1.807) is 0 Å². The number of nitrogens with one attached hydrogen (secondary N) is 2. The van der Waals surface area contributed by atoms with Gasteiger partial charge in [-0.15, -0.1) is 0 Å². The van der Waals surface area contributed by atoms with Crippen LogP contribution in [-0.4, -0.2) is 51.9 Å². The van der Waals surface area contributed by atoms with Gasteiger partial charge in [0.15, 0.2) is 0 Å². The minimum absolute atomic E-state index is 0.00227. The van der Waals surface area contributed by atoms with Gasteiger partial charge >= 0.3 is 0 Å². The number of aliphatic hydroxyl groups is 1. The largest absolute Gasteiger partial charge is 0.396 e. The van der Waals surface area contributed by atoms with Gasteiger partial charge in [-0.05, 0) is 18.9 Å². The van der Waals surface area contributed by atoms with Crippen molar-refractivity contribution in [3.05, 3.63) is 17.3 Å². The molecule has 1 fully saturated rings. The third kappa shape index (κ3) is 4.30. The number of hydrogen-bond acceptors (Lipinski definition) is 6. The fraction of sp³-hybridized carbons (Fsp3) is 0.615. The first-order valence-electron chi connectivity index (χ1n) is 6.91. The predicted molar refractivity (Wildman–Crippen MR) is 83.6 cm³/mol. The standard InChI is InChI=1S/C13H20ClN3O4S/c1-21-5-4-17-22(19,20)10-6-11(14)12(15-7-10)16-8-13(9-18)2-3-13/h6-7,17-18H,2-5,8-9H2,1H3,(H,15,16). The molecule has 2 rings (SSSR count). The molecule has 1 aliphatic rings. The molecular formula is C13H20ClN3O4S. The maximum atomic E-state index is 12.0. The minimum Gasteiger partial charge on any atom is -0.396 e. The van der Waals surface area contributed by atoms with E-state index >= 15 is 0 Å². The van der Waals surface area contributed by atoms with Crippen molar-refractivity contribution in [2.24, 2.45) is 5.41 Å². The first-order valence-corrected chi connectivity index (χ1v) is 8.77. The molecule has 0 spiro atoms. The van der Waals surface area contributed by atoms with Crippen molar-refractivity contribution in [1.82, 2.24) is 9.71 Å². The number of hydrogen-bond donors (Lipinski definition) is 3. The SMILES string of the molecule is COCCNS(=O)(=O)c1cnc(NCC2(CO)CC2)c(Cl)c1. The molecule has 0 aromatic carbocycles.